The van der Waals surface area contributed by atoms with Crippen molar-refractivity contribution in [2.45, 2.75) is 19.4 Å². The van der Waals surface area contributed by atoms with Crippen LogP contribution in [-0.4, -0.2) is 69.8 Å². The highest BCUT2D eigenvalue weighted by Crippen LogP contribution is 2.23. The average molecular weight is 231 g/mol. The van der Waals surface area contributed by atoms with Crippen LogP contribution < -0.4 is 5.73 Å². The zero-order valence-corrected chi connectivity index (χ0v) is 11.8. The highest BCUT2D eigenvalue weighted by Gasteiger charge is 2.36. The maximum atomic E-state index is 5.97. The summed E-state index contributed by atoms with van der Waals surface area (Å²) in [6.45, 7) is 7.77. The van der Waals surface area contributed by atoms with Crippen LogP contribution >= 0.6 is 0 Å². The van der Waals surface area contributed by atoms with Gasteiger partial charge < -0.3 is 15.4 Å². The van der Waals surface area contributed by atoms with Gasteiger partial charge in [0.2, 0.25) is 0 Å². The number of nitrogens with zero attached hydrogens (tertiary/aromatic N) is 2. The van der Waals surface area contributed by atoms with Gasteiger partial charge in [-0.15, -0.1) is 0 Å². The number of nitrogens with two attached hydrogens (primary N) is 1. The van der Waals surface area contributed by atoms with E-state index in [-0.39, 0.29) is 5.54 Å². The number of rotatable bonds is 8. The molecule has 0 aromatic heterocycles. The Hall–Kier alpha value is -0.160. The molecule has 1 unspecified atom stereocenters. The maximum Gasteiger partial charge on any atom is 0.0661 e. The van der Waals surface area contributed by atoms with Crippen LogP contribution in [0.25, 0.3) is 0 Å². The summed E-state index contributed by atoms with van der Waals surface area (Å²) in [6.07, 6.45) is 0. The summed E-state index contributed by atoms with van der Waals surface area (Å²) in [5, 5.41) is 0. The van der Waals surface area contributed by atoms with Gasteiger partial charge in [-0.05, 0) is 27.1 Å². The minimum absolute atomic E-state index is 0.0508. The maximum absolute atomic E-state index is 5.97. The minimum atomic E-state index is -0.0508. The molecule has 0 aliphatic carbocycles. The number of hydrogen-bond acceptors (Lipinski definition) is 4. The molecule has 0 spiro atoms. The van der Waals surface area contributed by atoms with Gasteiger partial charge in [-0.2, -0.15) is 0 Å². The zero-order valence-electron chi connectivity index (χ0n) is 11.8. The summed E-state index contributed by atoms with van der Waals surface area (Å²) in [4.78, 5) is 4.52. The summed E-state index contributed by atoms with van der Waals surface area (Å²) in [5.41, 5.74) is 5.92. The first-order chi connectivity index (χ1) is 7.40. The molecule has 4 nitrogen and oxygen atoms in total. The van der Waals surface area contributed by atoms with Crippen LogP contribution in [0.5, 0.6) is 0 Å². The first-order valence-electron chi connectivity index (χ1n) is 5.95. The molecule has 4 heteroatoms. The van der Waals surface area contributed by atoms with Crippen molar-refractivity contribution < 1.29 is 4.74 Å². The quantitative estimate of drug-likeness (QED) is 0.660. The van der Waals surface area contributed by atoms with Gasteiger partial charge in [0.05, 0.1) is 12.1 Å². The third kappa shape index (κ3) is 4.01. The van der Waals surface area contributed by atoms with E-state index in [0.717, 1.165) is 13.1 Å². The SMILES string of the molecule is COCC(CN)(C(C)C)N(C)CCN(C)C. The molecule has 0 aromatic rings. The van der Waals surface area contributed by atoms with Gasteiger partial charge >= 0.3 is 0 Å². The van der Waals surface area contributed by atoms with Crippen LogP contribution in [0, 0.1) is 5.92 Å². The normalized spacial score (nSPS) is 16.1. The first kappa shape index (κ1) is 15.8. The number of methoxy groups -OCH3 is 1. The molecule has 16 heavy (non-hydrogen) atoms. The fraction of sp³-hybridized carbons (Fsp3) is 1.00. The predicted octanol–water partition coefficient (Wildman–Crippen LogP) is 0.480. The van der Waals surface area contributed by atoms with Crippen molar-refractivity contribution in [1.82, 2.24) is 9.80 Å². The Morgan fingerprint density at radius 2 is 1.75 bits per heavy atom. The fourth-order valence-corrected chi connectivity index (χ4v) is 1.99. The largest absolute Gasteiger partial charge is 0.383 e. The molecule has 0 radical (unpaired) electrons. The lowest BCUT2D eigenvalue weighted by Crippen LogP contribution is -2.60. The Morgan fingerprint density at radius 3 is 2.06 bits per heavy atom. The molecule has 0 heterocycles. The van der Waals surface area contributed by atoms with E-state index >= 15 is 0 Å². The van der Waals surface area contributed by atoms with Crippen LogP contribution in [0.3, 0.4) is 0 Å². The summed E-state index contributed by atoms with van der Waals surface area (Å²) in [7, 11) is 8.05. The van der Waals surface area contributed by atoms with Crippen LogP contribution in [0.15, 0.2) is 0 Å². The third-order valence-electron chi connectivity index (χ3n) is 3.47. The second kappa shape index (κ2) is 7.22. The van der Waals surface area contributed by atoms with Crippen molar-refractivity contribution in [1.29, 1.82) is 0 Å². The van der Waals surface area contributed by atoms with Crippen molar-refractivity contribution >= 4 is 0 Å². The van der Waals surface area contributed by atoms with E-state index in [1.807, 2.05) is 0 Å². The Morgan fingerprint density at radius 1 is 1.19 bits per heavy atom. The van der Waals surface area contributed by atoms with E-state index in [9.17, 15) is 0 Å². The van der Waals surface area contributed by atoms with Gasteiger partial charge in [-0.25, -0.2) is 0 Å². The molecule has 0 saturated heterocycles. The highest BCUT2D eigenvalue weighted by molar-refractivity contribution is 4.93. The molecule has 0 saturated carbocycles. The standard InChI is InChI=1S/C12H29N3O/c1-11(2)12(9-13,10-16-6)15(5)8-7-14(3)4/h11H,7-10,13H2,1-6H3. The Bertz CT molecular complexity index is 185. The lowest BCUT2D eigenvalue weighted by atomic mass is 9.85. The van der Waals surface area contributed by atoms with Crippen molar-refractivity contribution in [2.75, 3.05) is 54.5 Å². The molecule has 0 bridgehead atoms. The lowest BCUT2D eigenvalue weighted by molar-refractivity contribution is -0.00334. The van der Waals surface area contributed by atoms with Gasteiger partial charge in [0, 0.05) is 26.7 Å². The van der Waals surface area contributed by atoms with E-state index in [1.165, 1.54) is 0 Å². The molecular weight excluding hydrogens is 202 g/mol. The Balaban J connectivity index is 4.59. The topological polar surface area (TPSA) is 41.7 Å². The molecule has 98 valence electrons. The second-order valence-electron chi connectivity index (χ2n) is 5.12. The third-order valence-corrected chi connectivity index (χ3v) is 3.47. The molecule has 0 amide bonds. The van der Waals surface area contributed by atoms with Gasteiger partial charge in [-0.1, -0.05) is 13.8 Å². The summed E-state index contributed by atoms with van der Waals surface area (Å²) < 4.78 is 5.35. The molecule has 2 N–H and O–H groups in total. The zero-order chi connectivity index (χ0) is 12.8. The Labute approximate surface area is 101 Å². The van der Waals surface area contributed by atoms with Crippen molar-refractivity contribution in [3.63, 3.8) is 0 Å². The average Bonchev–Trinajstić information content (AvgIpc) is 2.22. The van der Waals surface area contributed by atoms with Gasteiger partial charge in [0.15, 0.2) is 0 Å². The smallest absolute Gasteiger partial charge is 0.0661 e. The molecule has 0 aliphatic heterocycles. The van der Waals surface area contributed by atoms with E-state index in [4.69, 9.17) is 10.5 Å². The minimum Gasteiger partial charge on any atom is -0.383 e. The second-order valence-corrected chi connectivity index (χ2v) is 5.12. The molecule has 1 atom stereocenters. The lowest BCUT2D eigenvalue weighted by Gasteiger charge is -2.44. The van der Waals surface area contributed by atoms with Crippen molar-refractivity contribution in [2.24, 2.45) is 11.7 Å². The fourth-order valence-electron chi connectivity index (χ4n) is 1.99. The summed E-state index contributed by atoms with van der Waals surface area (Å²) in [6, 6.07) is 0. The number of likely N-dealkylation sites (N-methyl/N-ethyl adjacent to an activating group) is 2. The Kier molecular flexibility index (Phi) is 7.15. The van der Waals surface area contributed by atoms with Crippen LogP contribution in [0.4, 0.5) is 0 Å². The molecule has 0 aromatic carbocycles. The summed E-state index contributed by atoms with van der Waals surface area (Å²) >= 11 is 0. The molecular formula is C12H29N3O. The summed E-state index contributed by atoms with van der Waals surface area (Å²) in [5.74, 6) is 0.476. The van der Waals surface area contributed by atoms with E-state index < -0.39 is 0 Å². The van der Waals surface area contributed by atoms with E-state index in [1.54, 1.807) is 7.11 Å². The van der Waals surface area contributed by atoms with Gasteiger partial charge in [0.25, 0.3) is 0 Å². The van der Waals surface area contributed by atoms with E-state index in [2.05, 4.69) is 44.8 Å². The van der Waals surface area contributed by atoms with Crippen LogP contribution in [0.2, 0.25) is 0 Å². The molecule has 0 aliphatic rings. The number of ether oxygens (including phenoxy) is 1. The molecule has 0 rings (SSSR count). The van der Waals surface area contributed by atoms with Crippen LogP contribution in [-0.2, 0) is 4.74 Å². The van der Waals surface area contributed by atoms with Crippen molar-refractivity contribution in [3.05, 3.63) is 0 Å². The van der Waals surface area contributed by atoms with Crippen LogP contribution in [0.1, 0.15) is 13.8 Å². The van der Waals surface area contributed by atoms with Crippen molar-refractivity contribution in [3.8, 4) is 0 Å². The van der Waals surface area contributed by atoms with Gasteiger partial charge in [0.1, 0.15) is 0 Å². The van der Waals surface area contributed by atoms with Gasteiger partial charge in [-0.3, -0.25) is 4.90 Å². The number of hydrogen-bond donors (Lipinski definition) is 1. The monoisotopic (exact) mass is 231 g/mol. The first-order valence-corrected chi connectivity index (χ1v) is 5.95. The molecule has 0 fully saturated rings. The van der Waals surface area contributed by atoms with E-state index in [0.29, 0.717) is 19.1 Å². The predicted molar refractivity (Wildman–Crippen MR) is 69.7 cm³/mol. The highest BCUT2D eigenvalue weighted by atomic mass is 16.5.